The van der Waals surface area contributed by atoms with Crippen LogP contribution in [0.25, 0.3) is 0 Å². The molecule has 53 heavy (non-hydrogen) atoms. The lowest BCUT2D eigenvalue weighted by molar-refractivity contribution is -0.536. The number of hydrogen-bond acceptors (Lipinski definition) is 10. The number of carbonyl (C=O) groups is 6. The van der Waals surface area contributed by atoms with Crippen molar-refractivity contribution in [3.05, 3.63) is 117 Å². The molecular formula is C39H42N4O10. The zero-order chi connectivity index (χ0) is 38.4. The standard InChI is InChI=1S/C39H42N4O10/c1-5-23(2)35(53-22-24-13-8-6-9-14-24)32-34(43(50)51)33(25-15-10-7-11-16-25)42(39(32,3)38(49)40-20-19-30(46)52-4)29(45)21-28(44)26-17-12-18-27-31(26)37(48)41-36(27)47/h6-18,23,32-35H,5,19-22H2,1-4H3,(H,40,49)(H,41,47,48)/t23-,32-,33-,34-,35-,39-/m0/s1. The number of esters is 1. The van der Waals surface area contributed by atoms with Crippen LogP contribution in [-0.2, 0) is 30.5 Å². The molecule has 3 aromatic rings. The molecule has 2 N–H and O–H groups in total. The molecule has 14 nitrogen and oxygen atoms in total. The highest BCUT2D eigenvalue weighted by atomic mass is 16.6. The molecule has 6 atom stereocenters. The number of likely N-dealkylation sites (tertiary alicyclic amines) is 1. The minimum atomic E-state index is -2.03. The predicted octanol–water partition coefficient (Wildman–Crippen LogP) is 4.06. The summed E-state index contributed by atoms with van der Waals surface area (Å²) in [6, 6.07) is 18.6. The molecule has 278 valence electrons. The van der Waals surface area contributed by atoms with E-state index in [1.54, 1.807) is 30.3 Å². The zero-order valence-corrected chi connectivity index (χ0v) is 29.9. The maximum atomic E-state index is 14.8. The summed E-state index contributed by atoms with van der Waals surface area (Å²) in [5.41, 5.74) is -1.26. The van der Waals surface area contributed by atoms with Crippen LogP contribution in [0, 0.1) is 22.0 Å². The molecule has 0 bridgehead atoms. The summed E-state index contributed by atoms with van der Waals surface area (Å²) in [6.07, 6.45) is -1.56. The molecule has 14 heteroatoms. The Morgan fingerprint density at radius 1 is 0.981 bits per heavy atom. The first-order chi connectivity index (χ1) is 25.3. The summed E-state index contributed by atoms with van der Waals surface area (Å²) in [4.78, 5) is 94.5. The number of ether oxygens (including phenoxy) is 2. The van der Waals surface area contributed by atoms with E-state index < -0.39 is 76.4 Å². The quantitative estimate of drug-likeness (QED) is 0.0577. The van der Waals surface area contributed by atoms with Crippen LogP contribution in [0.2, 0.25) is 0 Å². The van der Waals surface area contributed by atoms with Gasteiger partial charge in [-0.15, -0.1) is 0 Å². The molecule has 2 heterocycles. The molecule has 4 amide bonds. The van der Waals surface area contributed by atoms with Gasteiger partial charge in [-0.2, -0.15) is 0 Å². The molecule has 2 aliphatic rings. The van der Waals surface area contributed by atoms with E-state index in [-0.39, 0.29) is 42.2 Å². The van der Waals surface area contributed by atoms with Crippen LogP contribution in [-0.4, -0.2) is 76.5 Å². The summed E-state index contributed by atoms with van der Waals surface area (Å²) in [6.45, 7) is 5.03. The van der Waals surface area contributed by atoms with Gasteiger partial charge in [-0.25, -0.2) is 0 Å². The number of Topliss-reactive ketones (excluding diaryl/α,β-unsaturated/α-hetero) is 1. The van der Waals surface area contributed by atoms with E-state index in [1.165, 1.54) is 32.2 Å². The Morgan fingerprint density at radius 3 is 2.26 bits per heavy atom. The van der Waals surface area contributed by atoms with Crippen LogP contribution in [0.4, 0.5) is 0 Å². The molecule has 1 fully saturated rings. The summed E-state index contributed by atoms with van der Waals surface area (Å²) < 4.78 is 11.3. The normalized spacial score (nSPS) is 21.7. The molecule has 5 rings (SSSR count). The van der Waals surface area contributed by atoms with Crippen molar-refractivity contribution in [1.29, 1.82) is 0 Å². The van der Waals surface area contributed by atoms with E-state index in [1.807, 2.05) is 44.2 Å². The molecule has 0 saturated carbocycles. The number of ketones is 1. The molecule has 0 aromatic heterocycles. The van der Waals surface area contributed by atoms with Crippen LogP contribution in [0.1, 0.15) is 88.3 Å². The topological polar surface area (TPSA) is 191 Å². The van der Waals surface area contributed by atoms with Crippen LogP contribution in [0.3, 0.4) is 0 Å². The SMILES string of the molecule is CC[C@H](C)[C@H](OCc1ccccc1)[C@@H]1[C@H]([N+](=O)[O-])[C@H](c2ccccc2)N(C(=O)CC(=O)c2cccc3c2C(=O)NC3=O)[C@]1(C)C(=O)NCCC(=O)OC. The number of carbonyl (C=O) groups excluding carboxylic acids is 6. The number of nitrogens with one attached hydrogen (secondary N) is 2. The highest BCUT2D eigenvalue weighted by Gasteiger charge is 2.69. The molecule has 0 spiro atoms. The van der Waals surface area contributed by atoms with Crippen molar-refractivity contribution < 1.29 is 43.2 Å². The average molecular weight is 727 g/mol. The minimum absolute atomic E-state index is 0.0214. The Balaban J connectivity index is 1.67. The Labute approximate surface area is 306 Å². The third kappa shape index (κ3) is 7.58. The Kier molecular flexibility index (Phi) is 11.8. The van der Waals surface area contributed by atoms with Crippen molar-refractivity contribution in [3.63, 3.8) is 0 Å². The first-order valence-corrected chi connectivity index (χ1v) is 17.4. The average Bonchev–Trinajstić information content (AvgIpc) is 3.62. The van der Waals surface area contributed by atoms with Gasteiger partial charge in [0.05, 0.1) is 49.7 Å². The van der Waals surface area contributed by atoms with Gasteiger partial charge in [0.2, 0.25) is 17.9 Å². The number of rotatable bonds is 15. The molecular weight excluding hydrogens is 684 g/mol. The lowest BCUT2D eigenvalue weighted by Crippen LogP contribution is -2.62. The molecule has 0 radical (unpaired) electrons. The molecule has 1 saturated heterocycles. The van der Waals surface area contributed by atoms with E-state index in [2.05, 4.69) is 10.6 Å². The van der Waals surface area contributed by atoms with Gasteiger partial charge in [-0.3, -0.25) is 44.2 Å². The first kappa shape index (κ1) is 38.5. The monoisotopic (exact) mass is 726 g/mol. The predicted molar refractivity (Wildman–Crippen MR) is 190 cm³/mol. The van der Waals surface area contributed by atoms with E-state index >= 15 is 0 Å². The number of fused-ring (bicyclic) bond motifs is 1. The van der Waals surface area contributed by atoms with Crippen LogP contribution in [0.15, 0.2) is 78.9 Å². The van der Waals surface area contributed by atoms with Crippen LogP contribution >= 0.6 is 0 Å². The smallest absolute Gasteiger partial charge is 0.307 e. The minimum Gasteiger partial charge on any atom is -0.469 e. The van der Waals surface area contributed by atoms with Gasteiger partial charge in [0.25, 0.3) is 11.8 Å². The van der Waals surface area contributed by atoms with Gasteiger partial charge in [-0.05, 0) is 30.0 Å². The van der Waals surface area contributed by atoms with Crippen LogP contribution in [0.5, 0.6) is 0 Å². The molecule has 2 aliphatic heterocycles. The van der Waals surface area contributed by atoms with Crippen molar-refractivity contribution in [1.82, 2.24) is 15.5 Å². The van der Waals surface area contributed by atoms with Gasteiger partial charge in [-0.1, -0.05) is 93.1 Å². The molecule has 0 unspecified atom stereocenters. The van der Waals surface area contributed by atoms with E-state index in [0.29, 0.717) is 12.0 Å². The second kappa shape index (κ2) is 16.3. The number of benzene rings is 3. The highest BCUT2D eigenvalue weighted by Crippen LogP contribution is 2.52. The fourth-order valence-electron chi connectivity index (χ4n) is 7.51. The van der Waals surface area contributed by atoms with Crippen molar-refractivity contribution in [2.75, 3.05) is 13.7 Å². The first-order valence-electron chi connectivity index (χ1n) is 17.4. The van der Waals surface area contributed by atoms with Gasteiger partial charge < -0.3 is 19.7 Å². The fourth-order valence-corrected chi connectivity index (χ4v) is 7.51. The Morgan fingerprint density at radius 2 is 1.64 bits per heavy atom. The highest BCUT2D eigenvalue weighted by molar-refractivity contribution is 6.26. The van der Waals surface area contributed by atoms with Crippen molar-refractivity contribution in [2.45, 2.75) is 70.4 Å². The molecule has 3 aromatic carbocycles. The lowest BCUT2D eigenvalue weighted by Gasteiger charge is -2.42. The van der Waals surface area contributed by atoms with Crippen molar-refractivity contribution >= 4 is 35.4 Å². The van der Waals surface area contributed by atoms with Crippen molar-refractivity contribution in [2.24, 2.45) is 11.8 Å². The van der Waals surface area contributed by atoms with Gasteiger partial charge in [0.15, 0.2) is 5.78 Å². The number of nitrogens with zero attached hydrogens (tertiary/aromatic N) is 2. The second-order valence-corrected chi connectivity index (χ2v) is 13.4. The summed E-state index contributed by atoms with van der Waals surface area (Å²) in [7, 11) is 1.20. The van der Waals surface area contributed by atoms with E-state index in [4.69, 9.17) is 9.47 Å². The van der Waals surface area contributed by atoms with Gasteiger partial charge in [0.1, 0.15) is 11.6 Å². The number of nitro groups is 1. The second-order valence-electron chi connectivity index (χ2n) is 13.4. The maximum Gasteiger partial charge on any atom is 0.307 e. The largest absolute Gasteiger partial charge is 0.469 e. The van der Waals surface area contributed by atoms with E-state index in [0.717, 1.165) is 10.5 Å². The Hall–Kier alpha value is -5.76. The van der Waals surface area contributed by atoms with Crippen molar-refractivity contribution in [3.8, 4) is 0 Å². The van der Waals surface area contributed by atoms with Gasteiger partial charge in [0, 0.05) is 17.0 Å². The fraction of sp³-hybridized carbons (Fsp3) is 0.385. The summed E-state index contributed by atoms with van der Waals surface area (Å²) in [5, 5.41) is 18.3. The van der Waals surface area contributed by atoms with Crippen LogP contribution < -0.4 is 10.6 Å². The maximum absolute atomic E-state index is 14.8. The molecule has 0 aliphatic carbocycles. The third-order valence-electron chi connectivity index (χ3n) is 10.3. The number of hydrogen-bond donors (Lipinski definition) is 2. The number of methoxy groups -OCH3 is 1. The zero-order valence-electron chi connectivity index (χ0n) is 29.9. The van der Waals surface area contributed by atoms with Gasteiger partial charge >= 0.3 is 5.97 Å². The Bertz CT molecular complexity index is 1900. The lowest BCUT2D eigenvalue weighted by atomic mass is 9.74. The summed E-state index contributed by atoms with van der Waals surface area (Å²) in [5.74, 6) is -6.25. The summed E-state index contributed by atoms with van der Waals surface area (Å²) >= 11 is 0. The number of amides is 4. The number of imide groups is 1. The van der Waals surface area contributed by atoms with E-state index in [9.17, 15) is 38.9 Å². The third-order valence-corrected chi connectivity index (χ3v) is 10.3.